The smallest absolute Gasteiger partial charge is 0.410 e. The lowest BCUT2D eigenvalue weighted by Crippen LogP contribution is -2.36. The second kappa shape index (κ2) is 6.44. The van der Waals surface area contributed by atoms with Gasteiger partial charge in [-0.3, -0.25) is 0 Å². The summed E-state index contributed by atoms with van der Waals surface area (Å²) in [5.74, 6) is 0. The minimum absolute atomic E-state index is 0.185. The maximum atomic E-state index is 12.0. The number of amides is 1. The Bertz CT molecular complexity index is 531. The van der Waals surface area contributed by atoms with Crippen molar-refractivity contribution in [2.24, 2.45) is 0 Å². The molecule has 0 aliphatic carbocycles. The number of halogens is 2. The van der Waals surface area contributed by atoms with Crippen LogP contribution in [0.1, 0.15) is 27.2 Å². The quantitative estimate of drug-likeness (QED) is 0.826. The minimum atomic E-state index is -0.462. The SMILES string of the molecule is CC(C)(C)OC(=O)N1CCC(Nc2cc(Br)ccc2Cl)C1. The first-order valence-electron chi connectivity index (χ1n) is 6.94. The highest BCUT2D eigenvalue weighted by molar-refractivity contribution is 9.10. The standard InChI is InChI=1S/C15H20BrClN2O2/c1-15(2,3)21-14(20)19-7-6-11(9-19)18-13-8-10(16)4-5-12(13)17/h4-5,8,11,18H,6-7,9H2,1-3H3. The molecule has 1 fully saturated rings. The molecule has 1 atom stereocenters. The fourth-order valence-electron chi connectivity index (χ4n) is 2.20. The summed E-state index contributed by atoms with van der Waals surface area (Å²) in [5, 5.41) is 4.06. The molecule has 0 bridgehead atoms. The first-order valence-corrected chi connectivity index (χ1v) is 8.11. The van der Waals surface area contributed by atoms with Crippen LogP contribution in [0, 0.1) is 0 Å². The molecule has 0 spiro atoms. The zero-order chi connectivity index (χ0) is 15.6. The summed E-state index contributed by atoms with van der Waals surface area (Å²) in [6.45, 7) is 6.93. The molecule has 1 aromatic carbocycles. The average molecular weight is 376 g/mol. The fourth-order valence-corrected chi connectivity index (χ4v) is 2.73. The van der Waals surface area contributed by atoms with Gasteiger partial charge in [0.1, 0.15) is 5.60 Å². The third-order valence-electron chi connectivity index (χ3n) is 3.13. The van der Waals surface area contributed by atoms with E-state index in [0.29, 0.717) is 18.1 Å². The number of benzene rings is 1. The monoisotopic (exact) mass is 374 g/mol. The fraction of sp³-hybridized carbons (Fsp3) is 0.533. The molecule has 1 N–H and O–H groups in total. The van der Waals surface area contributed by atoms with Gasteiger partial charge >= 0.3 is 6.09 Å². The molecule has 4 nitrogen and oxygen atoms in total. The molecule has 6 heteroatoms. The van der Waals surface area contributed by atoms with Crippen LogP contribution >= 0.6 is 27.5 Å². The molecule has 21 heavy (non-hydrogen) atoms. The van der Waals surface area contributed by atoms with Crippen molar-refractivity contribution in [2.75, 3.05) is 18.4 Å². The van der Waals surface area contributed by atoms with E-state index >= 15 is 0 Å². The van der Waals surface area contributed by atoms with Gasteiger partial charge in [-0.1, -0.05) is 27.5 Å². The Morgan fingerprint density at radius 2 is 2.19 bits per heavy atom. The van der Waals surface area contributed by atoms with Gasteiger partial charge in [0.05, 0.1) is 10.7 Å². The Kier molecular flexibility index (Phi) is 5.04. The van der Waals surface area contributed by atoms with E-state index in [9.17, 15) is 4.79 Å². The molecular formula is C15H20BrClN2O2. The van der Waals surface area contributed by atoms with Gasteiger partial charge in [0.25, 0.3) is 0 Å². The van der Waals surface area contributed by atoms with Crippen molar-refractivity contribution in [1.29, 1.82) is 0 Å². The molecule has 1 aliphatic heterocycles. The first-order chi connectivity index (χ1) is 9.74. The van der Waals surface area contributed by atoms with Gasteiger partial charge in [0.2, 0.25) is 0 Å². The molecule has 0 radical (unpaired) electrons. The van der Waals surface area contributed by atoms with E-state index in [0.717, 1.165) is 16.6 Å². The Labute approximate surface area is 138 Å². The van der Waals surface area contributed by atoms with Crippen LogP contribution in [-0.4, -0.2) is 35.7 Å². The summed E-state index contributed by atoms with van der Waals surface area (Å²) in [6.07, 6.45) is 0.620. The summed E-state index contributed by atoms with van der Waals surface area (Å²) in [5.41, 5.74) is 0.415. The highest BCUT2D eigenvalue weighted by Crippen LogP contribution is 2.28. The number of nitrogens with zero attached hydrogens (tertiary/aromatic N) is 1. The van der Waals surface area contributed by atoms with Crippen LogP contribution < -0.4 is 5.32 Å². The molecule has 1 aliphatic rings. The van der Waals surface area contributed by atoms with Crippen LogP contribution in [0.4, 0.5) is 10.5 Å². The van der Waals surface area contributed by atoms with E-state index in [2.05, 4.69) is 21.2 Å². The molecular weight excluding hydrogens is 356 g/mol. The van der Waals surface area contributed by atoms with Crippen molar-refractivity contribution in [2.45, 2.75) is 38.8 Å². The zero-order valence-corrected chi connectivity index (χ0v) is 14.8. The molecule has 1 saturated heterocycles. The topological polar surface area (TPSA) is 41.6 Å². The van der Waals surface area contributed by atoms with E-state index in [4.69, 9.17) is 16.3 Å². The largest absolute Gasteiger partial charge is 0.444 e. The maximum Gasteiger partial charge on any atom is 0.410 e. The Morgan fingerprint density at radius 3 is 2.86 bits per heavy atom. The maximum absolute atomic E-state index is 12.0. The number of rotatable bonds is 2. The number of hydrogen-bond donors (Lipinski definition) is 1. The van der Waals surface area contributed by atoms with Crippen molar-refractivity contribution in [3.8, 4) is 0 Å². The lowest BCUT2D eigenvalue weighted by Gasteiger charge is -2.24. The summed E-state index contributed by atoms with van der Waals surface area (Å²) in [6, 6.07) is 5.87. The first kappa shape index (κ1) is 16.4. The minimum Gasteiger partial charge on any atom is -0.444 e. The molecule has 1 unspecified atom stereocenters. The van der Waals surface area contributed by atoms with Gasteiger partial charge in [-0.15, -0.1) is 0 Å². The van der Waals surface area contributed by atoms with Crippen LogP contribution in [0.25, 0.3) is 0 Å². The summed E-state index contributed by atoms with van der Waals surface area (Å²) in [4.78, 5) is 13.8. The van der Waals surface area contributed by atoms with Crippen LogP contribution in [-0.2, 0) is 4.74 Å². The number of nitrogens with one attached hydrogen (secondary N) is 1. The molecule has 2 rings (SSSR count). The molecule has 1 aromatic rings. The second-order valence-corrected chi connectivity index (χ2v) is 7.50. The molecule has 0 aromatic heterocycles. The van der Waals surface area contributed by atoms with Crippen molar-refractivity contribution in [3.05, 3.63) is 27.7 Å². The highest BCUT2D eigenvalue weighted by Gasteiger charge is 2.29. The van der Waals surface area contributed by atoms with Crippen LogP contribution in [0.15, 0.2) is 22.7 Å². The van der Waals surface area contributed by atoms with Gasteiger partial charge in [-0.25, -0.2) is 4.79 Å². The predicted molar refractivity (Wildman–Crippen MR) is 89.0 cm³/mol. The van der Waals surface area contributed by atoms with Crippen molar-refractivity contribution < 1.29 is 9.53 Å². The summed E-state index contributed by atoms with van der Waals surface area (Å²) in [7, 11) is 0. The van der Waals surface area contributed by atoms with Gasteiger partial charge < -0.3 is 15.0 Å². The normalized spacial score (nSPS) is 18.7. The number of anilines is 1. The molecule has 0 saturated carbocycles. The Balaban J connectivity index is 1.93. The highest BCUT2D eigenvalue weighted by atomic mass is 79.9. The predicted octanol–water partition coefficient (Wildman–Crippen LogP) is 4.52. The van der Waals surface area contributed by atoms with Gasteiger partial charge in [-0.05, 0) is 45.4 Å². The van der Waals surface area contributed by atoms with Gasteiger partial charge in [-0.2, -0.15) is 0 Å². The lowest BCUT2D eigenvalue weighted by atomic mass is 10.2. The average Bonchev–Trinajstić information content (AvgIpc) is 2.80. The summed E-state index contributed by atoms with van der Waals surface area (Å²) >= 11 is 9.60. The third-order valence-corrected chi connectivity index (χ3v) is 3.95. The number of ether oxygens (including phenoxy) is 1. The number of likely N-dealkylation sites (tertiary alicyclic amines) is 1. The zero-order valence-electron chi connectivity index (χ0n) is 12.5. The third kappa shape index (κ3) is 4.78. The van der Waals surface area contributed by atoms with E-state index in [-0.39, 0.29) is 12.1 Å². The van der Waals surface area contributed by atoms with Gasteiger partial charge in [0, 0.05) is 23.6 Å². The molecule has 1 amide bonds. The van der Waals surface area contributed by atoms with E-state index in [1.807, 2.05) is 39.0 Å². The Morgan fingerprint density at radius 1 is 1.48 bits per heavy atom. The van der Waals surface area contributed by atoms with Crippen LogP contribution in [0.3, 0.4) is 0 Å². The lowest BCUT2D eigenvalue weighted by molar-refractivity contribution is 0.0293. The number of carbonyl (C=O) groups is 1. The second-order valence-electron chi connectivity index (χ2n) is 6.18. The van der Waals surface area contributed by atoms with E-state index < -0.39 is 5.60 Å². The molecule has 1 heterocycles. The number of hydrogen-bond acceptors (Lipinski definition) is 3. The van der Waals surface area contributed by atoms with Crippen LogP contribution in [0.5, 0.6) is 0 Å². The van der Waals surface area contributed by atoms with Crippen molar-refractivity contribution in [3.63, 3.8) is 0 Å². The van der Waals surface area contributed by atoms with Crippen LogP contribution in [0.2, 0.25) is 5.02 Å². The molecule has 116 valence electrons. The van der Waals surface area contributed by atoms with Crippen molar-refractivity contribution >= 4 is 39.3 Å². The number of carbonyl (C=O) groups excluding carboxylic acids is 1. The van der Waals surface area contributed by atoms with E-state index in [1.165, 1.54) is 0 Å². The van der Waals surface area contributed by atoms with Gasteiger partial charge in [0.15, 0.2) is 0 Å². The van der Waals surface area contributed by atoms with E-state index in [1.54, 1.807) is 4.90 Å². The summed E-state index contributed by atoms with van der Waals surface area (Å²) < 4.78 is 6.36. The Hall–Kier alpha value is -0.940. The van der Waals surface area contributed by atoms with Crippen molar-refractivity contribution in [1.82, 2.24) is 4.90 Å².